The first-order valence-electron chi connectivity index (χ1n) is 4.95. The van der Waals surface area contributed by atoms with Crippen LogP contribution in [0.15, 0.2) is 4.99 Å². The molecule has 0 amide bonds. The molecule has 0 atom stereocenters. The van der Waals surface area contributed by atoms with Crippen LogP contribution in [0.4, 0.5) is 0 Å². The number of rotatable bonds is 2. The molecule has 0 unspecified atom stereocenters. The van der Waals surface area contributed by atoms with Gasteiger partial charge < -0.3 is 0 Å². The number of hydrogen-bond acceptors (Lipinski definition) is 1. The van der Waals surface area contributed by atoms with E-state index in [1.54, 1.807) is 0 Å². The highest BCUT2D eigenvalue weighted by Gasteiger charge is 2.08. The first-order valence-corrected chi connectivity index (χ1v) is 4.95. The van der Waals surface area contributed by atoms with E-state index in [0.717, 1.165) is 6.42 Å². The Balaban J connectivity index is 2.25. The molecule has 1 heteroatoms. The van der Waals surface area contributed by atoms with Crippen molar-refractivity contribution in [2.24, 2.45) is 4.99 Å². The Morgan fingerprint density at radius 2 is 1.82 bits per heavy atom. The molecule has 1 aliphatic rings. The predicted molar refractivity (Wildman–Crippen MR) is 50.3 cm³/mol. The molecular formula is C10H19N. The summed E-state index contributed by atoms with van der Waals surface area (Å²) in [5, 5.41) is 0. The highest BCUT2D eigenvalue weighted by atomic mass is 14.8. The van der Waals surface area contributed by atoms with Crippen molar-refractivity contribution in [1.82, 2.24) is 0 Å². The molecule has 0 spiro atoms. The van der Waals surface area contributed by atoms with Crippen LogP contribution in [0.25, 0.3) is 0 Å². The minimum Gasteiger partial charge on any atom is -0.294 e. The van der Waals surface area contributed by atoms with Gasteiger partial charge in [0, 0.05) is 6.04 Å². The molecule has 1 nitrogen and oxygen atoms in total. The van der Waals surface area contributed by atoms with Gasteiger partial charge in [-0.05, 0) is 25.5 Å². The lowest BCUT2D eigenvalue weighted by Gasteiger charge is -2.06. The summed E-state index contributed by atoms with van der Waals surface area (Å²) in [6.07, 6.45) is 11.5. The van der Waals surface area contributed by atoms with Crippen molar-refractivity contribution < 1.29 is 0 Å². The summed E-state index contributed by atoms with van der Waals surface area (Å²) in [6.45, 7) is 2.15. The average molecular weight is 153 g/mol. The fourth-order valence-corrected chi connectivity index (χ4v) is 1.66. The summed E-state index contributed by atoms with van der Waals surface area (Å²) < 4.78 is 0. The van der Waals surface area contributed by atoms with Crippen LogP contribution in [0, 0.1) is 0 Å². The maximum atomic E-state index is 4.54. The van der Waals surface area contributed by atoms with Gasteiger partial charge in [0.25, 0.3) is 0 Å². The second kappa shape index (κ2) is 5.34. The van der Waals surface area contributed by atoms with Crippen LogP contribution < -0.4 is 0 Å². The largest absolute Gasteiger partial charge is 0.294 e. The van der Waals surface area contributed by atoms with Crippen LogP contribution in [-0.4, -0.2) is 12.3 Å². The normalized spacial score (nSPS) is 22.3. The van der Waals surface area contributed by atoms with Crippen molar-refractivity contribution in [3.05, 3.63) is 0 Å². The fourth-order valence-electron chi connectivity index (χ4n) is 1.66. The minimum absolute atomic E-state index is 0.664. The lowest BCUT2D eigenvalue weighted by Crippen LogP contribution is -2.01. The summed E-state index contributed by atoms with van der Waals surface area (Å²) in [4.78, 5) is 4.54. The predicted octanol–water partition coefficient (Wildman–Crippen LogP) is 3.19. The third-order valence-corrected chi connectivity index (χ3v) is 2.32. The maximum absolute atomic E-state index is 4.54. The molecule has 1 aliphatic carbocycles. The minimum atomic E-state index is 0.664. The summed E-state index contributed by atoms with van der Waals surface area (Å²) >= 11 is 0. The summed E-state index contributed by atoms with van der Waals surface area (Å²) in [7, 11) is 0. The molecule has 0 aromatic rings. The van der Waals surface area contributed by atoms with Crippen molar-refractivity contribution in [2.45, 2.75) is 57.9 Å². The molecule has 1 saturated carbocycles. The Labute approximate surface area is 69.9 Å². The van der Waals surface area contributed by atoms with Crippen LogP contribution >= 0.6 is 0 Å². The van der Waals surface area contributed by atoms with Crippen molar-refractivity contribution in [2.75, 3.05) is 0 Å². The van der Waals surface area contributed by atoms with Crippen molar-refractivity contribution in [3.8, 4) is 0 Å². The first-order chi connectivity index (χ1) is 5.43. The van der Waals surface area contributed by atoms with E-state index in [-0.39, 0.29) is 0 Å². The molecule has 0 saturated heterocycles. The zero-order valence-corrected chi connectivity index (χ0v) is 7.55. The second-order valence-corrected chi connectivity index (χ2v) is 3.39. The van der Waals surface area contributed by atoms with E-state index in [1.165, 1.54) is 38.5 Å². The molecule has 0 heterocycles. The lowest BCUT2D eigenvalue weighted by atomic mass is 10.1. The van der Waals surface area contributed by atoms with E-state index < -0.39 is 0 Å². The van der Waals surface area contributed by atoms with Gasteiger partial charge in [-0.15, -0.1) is 0 Å². The zero-order chi connectivity index (χ0) is 7.94. The molecule has 0 aromatic carbocycles. The van der Waals surface area contributed by atoms with Gasteiger partial charge >= 0.3 is 0 Å². The molecule has 11 heavy (non-hydrogen) atoms. The van der Waals surface area contributed by atoms with E-state index in [0.29, 0.717) is 6.04 Å². The summed E-state index contributed by atoms with van der Waals surface area (Å²) in [5.41, 5.74) is 0. The first kappa shape index (κ1) is 8.76. The van der Waals surface area contributed by atoms with E-state index in [4.69, 9.17) is 0 Å². The van der Waals surface area contributed by atoms with Gasteiger partial charge in [-0.1, -0.05) is 32.6 Å². The second-order valence-electron chi connectivity index (χ2n) is 3.39. The van der Waals surface area contributed by atoms with Gasteiger partial charge in [-0.25, -0.2) is 0 Å². The molecule has 1 fully saturated rings. The Morgan fingerprint density at radius 1 is 1.18 bits per heavy atom. The maximum Gasteiger partial charge on any atom is 0.0495 e. The van der Waals surface area contributed by atoms with Gasteiger partial charge in [0.05, 0.1) is 0 Å². The highest BCUT2D eigenvalue weighted by molar-refractivity contribution is 5.56. The monoisotopic (exact) mass is 153 g/mol. The molecular weight excluding hydrogens is 134 g/mol. The van der Waals surface area contributed by atoms with Gasteiger partial charge in [-0.3, -0.25) is 4.99 Å². The molecule has 64 valence electrons. The Morgan fingerprint density at radius 3 is 2.36 bits per heavy atom. The lowest BCUT2D eigenvalue weighted by molar-refractivity contribution is 0.587. The van der Waals surface area contributed by atoms with Crippen molar-refractivity contribution >= 4 is 6.21 Å². The van der Waals surface area contributed by atoms with Crippen LogP contribution in [-0.2, 0) is 0 Å². The van der Waals surface area contributed by atoms with Crippen LogP contribution in [0.5, 0.6) is 0 Å². The van der Waals surface area contributed by atoms with Gasteiger partial charge in [0.15, 0.2) is 0 Å². The third kappa shape index (κ3) is 3.54. The molecule has 0 bridgehead atoms. The Kier molecular flexibility index (Phi) is 4.25. The molecule has 1 rings (SSSR count). The van der Waals surface area contributed by atoms with Crippen LogP contribution in [0.2, 0.25) is 0 Å². The zero-order valence-electron chi connectivity index (χ0n) is 7.55. The van der Waals surface area contributed by atoms with Gasteiger partial charge in [-0.2, -0.15) is 0 Å². The highest BCUT2D eigenvalue weighted by Crippen LogP contribution is 2.19. The summed E-state index contributed by atoms with van der Waals surface area (Å²) in [5.74, 6) is 0. The van der Waals surface area contributed by atoms with E-state index >= 15 is 0 Å². The number of hydrogen-bond donors (Lipinski definition) is 0. The van der Waals surface area contributed by atoms with E-state index in [9.17, 15) is 0 Å². The third-order valence-electron chi connectivity index (χ3n) is 2.32. The Hall–Kier alpha value is -0.330. The molecule has 0 aromatic heterocycles. The Bertz CT molecular complexity index is 110. The number of aliphatic imine (C=N–C) groups is 1. The molecule has 0 aliphatic heterocycles. The van der Waals surface area contributed by atoms with E-state index in [1.807, 2.05) is 0 Å². The average Bonchev–Trinajstić information content (AvgIpc) is 2.28. The van der Waals surface area contributed by atoms with E-state index in [2.05, 4.69) is 18.1 Å². The smallest absolute Gasteiger partial charge is 0.0495 e. The standard InChI is InChI=1S/C10H19N/c1-2-9-11-10-7-5-3-4-6-8-10/h9-10H,2-8H2,1H3. The fraction of sp³-hybridized carbons (Fsp3) is 0.900. The van der Waals surface area contributed by atoms with Gasteiger partial charge in [0.2, 0.25) is 0 Å². The van der Waals surface area contributed by atoms with Crippen LogP contribution in [0.3, 0.4) is 0 Å². The SMILES string of the molecule is CCC=NC1CCCCCC1. The molecule has 0 N–H and O–H groups in total. The topological polar surface area (TPSA) is 12.4 Å². The van der Waals surface area contributed by atoms with Crippen molar-refractivity contribution in [3.63, 3.8) is 0 Å². The molecule has 0 radical (unpaired) electrons. The van der Waals surface area contributed by atoms with Crippen LogP contribution in [0.1, 0.15) is 51.9 Å². The van der Waals surface area contributed by atoms with Gasteiger partial charge in [0.1, 0.15) is 0 Å². The summed E-state index contributed by atoms with van der Waals surface area (Å²) in [6, 6.07) is 0.664. The number of nitrogens with zero attached hydrogens (tertiary/aromatic N) is 1. The van der Waals surface area contributed by atoms with Crippen molar-refractivity contribution in [1.29, 1.82) is 0 Å². The quantitative estimate of drug-likeness (QED) is 0.427.